The van der Waals surface area contributed by atoms with Crippen LogP contribution in [0.4, 0.5) is 0 Å². The molecular formula is C13H9INO3P. The normalized spacial score (nSPS) is 11.4. The van der Waals surface area contributed by atoms with Gasteiger partial charge in [-0.2, -0.15) is 5.26 Å². The molecule has 0 N–H and O–H groups in total. The maximum atomic E-state index is 11.8. The number of hydrogen-bond acceptors (Lipinski definition) is 4. The standard InChI is InChI=1S/C13H9INO3P/c14-11-6-7-13(10(8-11)9-15)18-19(16)17-12-4-2-1-3-5-12/h1-8,19H. The van der Waals surface area contributed by atoms with Crippen LogP contribution < -0.4 is 9.05 Å². The fourth-order valence-corrected chi connectivity index (χ4v) is 2.59. The van der Waals surface area contributed by atoms with Crippen LogP contribution in [0.5, 0.6) is 11.5 Å². The molecule has 1 atom stereocenters. The molecular weight excluding hydrogens is 376 g/mol. The molecule has 0 aliphatic carbocycles. The number of halogens is 1. The van der Waals surface area contributed by atoms with E-state index in [4.69, 9.17) is 14.3 Å². The first-order chi connectivity index (χ1) is 9.19. The first kappa shape index (κ1) is 13.9. The molecule has 2 aromatic carbocycles. The van der Waals surface area contributed by atoms with Crippen molar-refractivity contribution in [3.05, 3.63) is 57.7 Å². The van der Waals surface area contributed by atoms with E-state index in [1.165, 1.54) is 0 Å². The molecule has 2 aromatic rings. The molecule has 0 heterocycles. The highest BCUT2D eigenvalue weighted by molar-refractivity contribution is 14.1. The average molecular weight is 385 g/mol. The molecule has 0 aromatic heterocycles. The summed E-state index contributed by atoms with van der Waals surface area (Å²) in [6.07, 6.45) is 0. The van der Waals surface area contributed by atoms with Gasteiger partial charge in [-0.05, 0) is 52.9 Å². The lowest BCUT2D eigenvalue weighted by Crippen LogP contribution is -1.91. The zero-order valence-corrected chi connectivity index (χ0v) is 12.8. The van der Waals surface area contributed by atoms with Gasteiger partial charge in [-0.15, -0.1) is 0 Å². The van der Waals surface area contributed by atoms with Gasteiger partial charge < -0.3 is 9.05 Å². The fraction of sp³-hybridized carbons (Fsp3) is 0. The van der Waals surface area contributed by atoms with Gasteiger partial charge in [-0.1, -0.05) is 18.2 Å². The number of para-hydroxylation sites is 1. The molecule has 0 spiro atoms. The van der Waals surface area contributed by atoms with Crippen molar-refractivity contribution in [1.29, 1.82) is 5.26 Å². The van der Waals surface area contributed by atoms with E-state index in [2.05, 4.69) is 22.6 Å². The van der Waals surface area contributed by atoms with Crippen molar-refractivity contribution in [2.24, 2.45) is 0 Å². The maximum Gasteiger partial charge on any atom is 0.419 e. The van der Waals surface area contributed by atoms with Crippen molar-refractivity contribution in [3.8, 4) is 17.6 Å². The summed E-state index contributed by atoms with van der Waals surface area (Å²) in [4.78, 5) is 0. The van der Waals surface area contributed by atoms with E-state index in [-0.39, 0.29) is 5.75 Å². The van der Waals surface area contributed by atoms with E-state index in [0.717, 1.165) is 3.57 Å². The van der Waals surface area contributed by atoms with Gasteiger partial charge in [0.05, 0.1) is 5.56 Å². The number of nitrogens with zero attached hydrogens (tertiary/aromatic N) is 1. The second-order valence-corrected chi connectivity index (χ2v) is 5.67. The van der Waals surface area contributed by atoms with E-state index in [9.17, 15) is 4.57 Å². The van der Waals surface area contributed by atoms with Gasteiger partial charge in [0, 0.05) is 3.57 Å². The highest BCUT2D eigenvalue weighted by Gasteiger charge is 2.09. The van der Waals surface area contributed by atoms with Crippen LogP contribution in [0, 0.1) is 14.9 Å². The van der Waals surface area contributed by atoms with Crippen LogP contribution in [0.2, 0.25) is 0 Å². The minimum Gasteiger partial charge on any atom is -0.418 e. The Morgan fingerprint density at radius 3 is 2.53 bits per heavy atom. The van der Waals surface area contributed by atoms with Gasteiger partial charge in [0.1, 0.15) is 17.6 Å². The Hall–Kier alpha value is -1.51. The van der Waals surface area contributed by atoms with E-state index < -0.39 is 8.25 Å². The van der Waals surface area contributed by atoms with Crippen LogP contribution in [-0.2, 0) is 4.57 Å². The molecule has 0 saturated carbocycles. The first-order valence-electron chi connectivity index (χ1n) is 5.33. The lowest BCUT2D eigenvalue weighted by molar-refractivity contribution is 0.415. The van der Waals surface area contributed by atoms with Gasteiger partial charge >= 0.3 is 8.25 Å². The maximum absolute atomic E-state index is 11.8. The van der Waals surface area contributed by atoms with Crippen LogP contribution in [0.15, 0.2) is 48.5 Å². The Labute approximate surface area is 125 Å². The fourth-order valence-electron chi connectivity index (χ4n) is 1.37. The van der Waals surface area contributed by atoms with Crippen molar-refractivity contribution in [1.82, 2.24) is 0 Å². The molecule has 0 bridgehead atoms. The third-order valence-corrected chi connectivity index (χ3v) is 3.66. The highest BCUT2D eigenvalue weighted by atomic mass is 127. The molecule has 4 nitrogen and oxygen atoms in total. The van der Waals surface area contributed by atoms with Crippen molar-refractivity contribution in [2.45, 2.75) is 0 Å². The summed E-state index contributed by atoms with van der Waals surface area (Å²) >= 11 is 2.09. The van der Waals surface area contributed by atoms with E-state index >= 15 is 0 Å². The van der Waals surface area contributed by atoms with Crippen molar-refractivity contribution in [2.75, 3.05) is 0 Å². The van der Waals surface area contributed by atoms with Crippen LogP contribution in [0.25, 0.3) is 0 Å². The SMILES string of the molecule is N#Cc1cc(I)ccc1O[PH](=O)Oc1ccccc1. The second-order valence-electron chi connectivity index (χ2n) is 3.52. The molecule has 0 radical (unpaired) electrons. The minimum atomic E-state index is -2.74. The summed E-state index contributed by atoms with van der Waals surface area (Å²) in [7, 11) is -2.74. The molecule has 1 unspecified atom stereocenters. The Balaban J connectivity index is 2.10. The zero-order chi connectivity index (χ0) is 13.7. The van der Waals surface area contributed by atoms with Crippen LogP contribution in [-0.4, -0.2) is 0 Å². The summed E-state index contributed by atoms with van der Waals surface area (Å²) in [5, 5.41) is 8.98. The van der Waals surface area contributed by atoms with Crippen LogP contribution in [0.3, 0.4) is 0 Å². The molecule has 96 valence electrons. The van der Waals surface area contributed by atoms with E-state index in [1.54, 1.807) is 42.5 Å². The summed E-state index contributed by atoms with van der Waals surface area (Å²) in [6, 6.07) is 15.8. The number of rotatable bonds is 4. The molecule has 0 saturated heterocycles. The summed E-state index contributed by atoms with van der Waals surface area (Å²) in [6.45, 7) is 0. The van der Waals surface area contributed by atoms with Crippen molar-refractivity contribution in [3.63, 3.8) is 0 Å². The Morgan fingerprint density at radius 1 is 1.11 bits per heavy atom. The van der Waals surface area contributed by atoms with Gasteiger partial charge in [0.15, 0.2) is 0 Å². The van der Waals surface area contributed by atoms with Crippen molar-refractivity contribution < 1.29 is 13.6 Å². The smallest absolute Gasteiger partial charge is 0.418 e. The van der Waals surface area contributed by atoms with Crippen LogP contribution >= 0.6 is 30.8 Å². The van der Waals surface area contributed by atoms with E-state index in [0.29, 0.717) is 11.3 Å². The lowest BCUT2D eigenvalue weighted by Gasteiger charge is -2.09. The van der Waals surface area contributed by atoms with Gasteiger partial charge in [-0.25, -0.2) is 4.57 Å². The van der Waals surface area contributed by atoms with Gasteiger partial charge in [0.25, 0.3) is 0 Å². The third-order valence-electron chi connectivity index (χ3n) is 2.20. The molecule has 0 fully saturated rings. The predicted molar refractivity (Wildman–Crippen MR) is 80.6 cm³/mol. The molecule has 6 heteroatoms. The quantitative estimate of drug-likeness (QED) is 0.590. The third kappa shape index (κ3) is 3.98. The zero-order valence-electron chi connectivity index (χ0n) is 9.67. The lowest BCUT2D eigenvalue weighted by atomic mass is 10.2. The average Bonchev–Trinajstić information content (AvgIpc) is 2.42. The summed E-state index contributed by atoms with van der Waals surface area (Å²) in [5.74, 6) is 0.734. The highest BCUT2D eigenvalue weighted by Crippen LogP contribution is 2.32. The molecule has 2 rings (SSSR count). The summed E-state index contributed by atoms with van der Waals surface area (Å²) in [5.41, 5.74) is 0.335. The Morgan fingerprint density at radius 2 is 1.84 bits per heavy atom. The minimum absolute atomic E-state index is 0.266. The Kier molecular flexibility index (Phi) is 4.83. The van der Waals surface area contributed by atoms with Crippen LogP contribution in [0.1, 0.15) is 5.56 Å². The number of nitriles is 1. The molecule has 0 aliphatic rings. The molecule has 19 heavy (non-hydrogen) atoms. The first-order valence-corrected chi connectivity index (χ1v) is 7.64. The Bertz CT molecular complexity index is 640. The van der Waals surface area contributed by atoms with Gasteiger partial charge in [0.2, 0.25) is 0 Å². The molecule has 0 amide bonds. The van der Waals surface area contributed by atoms with Gasteiger partial charge in [-0.3, -0.25) is 0 Å². The van der Waals surface area contributed by atoms with Crippen molar-refractivity contribution >= 4 is 30.8 Å². The second kappa shape index (κ2) is 6.60. The number of benzene rings is 2. The topological polar surface area (TPSA) is 59.3 Å². The predicted octanol–water partition coefficient (Wildman–Crippen LogP) is 4.01. The van der Waals surface area contributed by atoms with E-state index in [1.807, 2.05) is 12.1 Å². The molecule has 0 aliphatic heterocycles. The monoisotopic (exact) mass is 385 g/mol. The largest absolute Gasteiger partial charge is 0.419 e. The summed E-state index contributed by atoms with van der Waals surface area (Å²) < 4.78 is 23.0. The number of hydrogen-bond donors (Lipinski definition) is 0.